The molecule has 3 heteroatoms. The number of benzene rings is 2. The number of carbonyl (C=O) groups excluding carboxylic acids is 1. The highest BCUT2D eigenvalue weighted by atomic mass is 16.7. The van der Waals surface area contributed by atoms with Gasteiger partial charge in [-0.25, -0.2) is 5.06 Å². The molecule has 0 unspecified atom stereocenters. The summed E-state index contributed by atoms with van der Waals surface area (Å²) in [5.41, 5.74) is 4.80. The third kappa shape index (κ3) is 2.17. The lowest BCUT2D eigenvalue weighted by Gasteiger charge is -2.57. The Balaban J connectivity index is 1.60. The largest absolute Gasteiger partial charge is 0.273 e. The van der Waals surface area contributed by atoms with Crippen LogP contribution in [-0.4, -0.2) is 11.0 Å². The summed E-state index contributed by atoms with van der Waals surface area (Å²) >= 11 is 0. The molecule has 3 nitrogen and oxygen atoms in total. The Morgan fingerprint density at radius 1 is 1.04 bits per heavy atom. The van der Waals surface area contributed by atoms with Gasteiger partial charge in [-0.05, 0) is 61.3 Å². The van der Waals surface area contributed by atoms with Gasteiger partial charge in [0.25, 0.3) is 0 Å². The van der Waals surface area contributed by atoms with E-state index in [1.807, 2.05) is 0 Å². The molecule has 28 heavy (non-hydrogen) atoms. The number of carbonyl (C=O) groups is 1. The van der Waals surface area contributed by atoms with Crippen molar-refractivity contribution in [2.45, 2.75) is 51.7 Å². The second-order valence-electron chi connectivity index (χ2n) is 9.02. The standard InChI is InChI=1S/C25H27NO2/c1-16-13-17(2)18(14-16)15-23(27)26-24(3)19-9-5-7-11-21(19)25(4,28-26)22-12-8-6-10-20(22)24/h5-13,17-18H,14-15H2,1-4H3/t17-,18+,24?,25?/m1/s1. The molecule has 0 aromatic heterocycles. The topological polar surface area (TPSA) is 29.5 Å². The molecule has 0 fully saturated rings. The molecule has 0 N–H and O–H groups in total. The summed E-state index contributed by atoms with van der Waals surface area (Å²) in [4.78, 5) is 20.1. The number of nitrogens with zero attached hydrogens (tertiary/aromatic N) is 1. The van der Waals surface area contributed by atoms with Gasteiger partial charge in [0.15, 0.2) is 0 Å². The van der Waals surface area contributed by atoms with E-state index in [0.29, 0.717) is 18.3 Å². The summed E-state index contributed by atoms with van der Waals surface area (Å²) in [5.74, 6) is 0.880. The van der Waals surface area contributed by atoms with Crippen LogP contribution in [0.5, 0.6) is 0 Å². The molecule has 0 saturated heterocycles. The third-order valence-corrected chi connectivity index (χ3v) is 7.15. The zero-order chi connectivity index (χ0) is 19.7. The second-order valence-corrected chi connectivity index (χ2v) is 9.02. The highest BCUT2D eigenvalue weighted by molar-refractivity contribution is 5.79. The SMILES string of the molecule is CC1=C[C@@H](C)[C@H](CC(=O)N2OC3(C)c4ccccc4C2(C)c2ccccc23)C1. The van der Waals surface area contributed by atoms with Crippen LogP contribution in [0.15, 0.2) is 60.2 Å². The first-order chi connectivity index (χ1) is 13.4. The van der Waals surface area contributed by atoms with Gasteiger partial charge < -0.3 is 0 Å². The Kier molecular flexibility index (Phi) is 3.67. The van der Waals surface area contributed by atoms with Crippen LogP contribution in [0.2, 0.25) is 0 Å². The van der Waals surface area contributed by atoms with Gasteiger partial charge in [-0.15, -0.1) is 0 Å². The highest BCUT2D eigenvalue weighted by Gasteiger charge is 2.58. The first kappa shape index (κ1) is 17.7. The van der Waals surface area contributed by atoms with Gasteiger partial charge in [0.2, 0.25) is 5.91 Å². The maximum atomic E-state index is 13.5. The van der Waals surface area contributed by atoms with Crippen LogP contribution in [0.4, 0.5) is 0 Å². The van der Waals surface area contributed by atoms with Crippen molar-refractivity contribution in [3.63, 3.8) is 0 Å². The fraction of sp³-hybridized carbons (Fsp3) is 0.400. The van der Waals surface area contributed by atoms with Gasteiger partial charge >= 0.3 is 0 Å². The zero-order valence-electron chi connectivity index (χ0n) is 17.0. The van der Waals surface area contributed by atoms with E-state index in [1.165, 1.54) is 16.7 Å². The van der Waals surface area contributed by atoms with Crippen LogP contribution < -0.4 is 0 Å². The lowest BCUT2D eigenvalue weighted by Crippen LogP contribution is -2.61. The van der Waals surface area contributed by atoms with E-state index in [-0.39, 0.29) is 5.91 Å². The Labute approximate surface area is 167 Å². The van der Waals surface area contributed by atoms with E-state index in [2.05, 4.69) is 82.3 Å². The Morgan fingerprint density at radius 2 is 1.57 bits per heavy atom. The van der Waals surface area contributed by atoms with Crippen LogP contribution in [0.1, 0.15) is 62.8 Å². The summed E-state index contributed by atoms with van der Waals surface area (Å²) in [6.07, 6.45) is 3.82. The van der Waals surface area contributed by atoms with Crippen molar-refractivity contribution < 1.29 is 9.63 Å². The van der Waals surface area contributed by atoms with Gasteiger partial charge in [0, 0.05) is 6.42 Å². The number of hydrogen-bond acceptors (Lipinski definition) is 2. The van der Waals surface area contributed by atoms with Crippen LogP contribution in [-0.2, 0) is 20.8 Å². The molecule has 0 spiro atoms. The molecule has 2 bridgehead atoms. The molecule has 2 heterocycles. The van der Waals surface area contributed by atoms with E-state index >= 15 is 0 Å². The Morgan fingerprint density at radius 3 is 2.07 bits per heavy atom. The van der Waals surface area contributed by atoms with Gasteiger partial charge in [-0.1, -0.05) is 67.1 Å². The molecule has 1 amide bonds. The van der Waals surface area contributed by atoms with Crippen LogP contribution >= 0.6 is 0 Å². The van der Waals surface area contributed by atoms with Crippen molar-refractivity contribution in [3.05, 3.63) is 82.4 Å². The van der Waals surface area contributed by atoms with Crippen LogP contribution in [0.3, 0.4) is 0 Å². The second kappa shape index (κ2) is 5.81. The molecular weight excluding hydrogens is 346 g/mol. The molecule has 2 aromatic carbocycles. The molecule has 2 atom stereocenters. The van der Waals surface area contributed by atoms with Gasteiger partial charge in [-0.2, -0.15) is 0 Å². The minimum absolute atomic E-state index is 0.0812. The van der Waals surface area contributed by atoms with Crippen LogP contribution in [0, 0.1) is 11.8 Å². The Hall–Kier alpha value is -2.39. The lowest BCUT2D eigenvalue weighted by atomic mass is 9.65. The normalized spacial score (nSPS) is 32.7. The average Bonchev–Trinajstić information content (AvgIpc) is 3.01. The molecule has 2 aromatic rings. The van der Waals surface area contributed by atoms with Crippen molar-refractivity contribution in [1.82, 2.24) is 5.06 Å². The Bertz CT molecular complexity index is 958. The predicted octanol–water partition coefficient (Wildman–Crippen LogP) is 5.29. The number of hydrogen-bond donors (Lipinski definition) is 0. The molecule has 2 aliphatic heterocycles. The number of allylic oxidation sites excluding steroid dienone is 2. The zero-order valence-corrected chi connectivity index (χ0v) is 17.0. The summed E-state index contributed by atoms with van der Waals surface area (Å²) in [7, 11) is 0. The van der Waals surface area contributed by atoms with E-state index in [4.69, 9.17) is 4.84 Å². The summed E-state index contributed by atoms with van der Waals surface area (Å²) in [6.45, 7) is 8.59. The average molecular weight is 373 g/mol. The first-order valence-electron chi connectivity index (χ1n) is 10.2. The maximum absolute atomic E-state index is 13.5. The molecule has 0 radical (unpaired) electrons. The van der Waals surface area contributed by atoms with Gasteiger partial charge in [0.05, 0.1) is 0 Å². The van der Waals surface area contributed by atoms with Crippen LogP contribution in [0.25, 0.3) is 0 Å². The van der Waals surface area contributed by atoms with E-state index in [0.717, 1.165) is 17.5 Å². The van der Waals surface area contributed by atoms with Crippen molar-refractivity contribution in [2.75, 3.05) is 0 Å². The minimum Gasteiger partial charge on any atom is -0.273 e. The van der Waals surface area contributed by atoms with Gasteiger partial charge in [-0.3, -0.25) is 9.63 Å². The van der Waals surface area contributed by atoms with Gasteiger partial charge in [0.1, 0.15) is 11.1 Å². The van der Waals surface area contributed by atoms with Crippen molar-refractivity contribution in [3.8, 4) is 0 Å². The van der Waals surface area contributed by atoms with E-state index in [9.17, 15) is 4.79 Å². The maximum Gasteiger partial charge on any atom is 0.247 e. The monoisotopic (exact) mass is 373 g/mol. The summed E-state index contributed by atoms with van der Waals surface area (Å²) < 4.78 is 0. The molecule has 4 aliphatic rings. The number of hydroxylamine groups is 2. The fourth-order valence-corrected chi connectivity index (χ4v) is 5.65. The highest BCUT2D eigenvalue weighted by Crippen LogP contribution is 2.57. The molecule has 0 saturated carbocycles. The fourth-order valence-electron chi connectivity index (χ4n) is 5.65. The summed E-state index contributed by atoms with van der Waals surface area (Å²) in [6, 6.07) is 16.8. The number of amides is 1. The van der Waals surface area contributed by atoms with E-state index in [1.54, 1.807) is 5.06 Å². The minimum atomic E-state index is -0.643. The first-order valence-corrected chi connectivity index (χ1v) is 10.2. The smallest absolute Gasteiger partial charge is 0.247 e. The van der Waals surface area contributed by atoms with Crippen molar-refractivity contribution >= 4 is 5.91 Å². The molecule has 144 valence electrons. The van der Waals surface area contributed by atoms with Crippen molar-refractivity contribution in [2.24, 2.45) is 11.8 Å². The molecule has 2 aliphatic carbocycles. The van der Waals surface area contributed by atoms with Crippen molar-refractivity contribution in [1.29, 1.82) is 0 Å². The summed E-state index contributed by atoms with van der Waals surface area (Å²) in [5, 5.41) is 1.69. The number of rotatable bonds is 2. The quantitative estimate of drug-likeness (QED) is 0.669. The lowest BCUT2D eigenvalue weighted by molar-refractivity contribution is -0.283. The molecule has 6 rings (SSSR count). The predicted molar refractivity (Wildman–Crippen MR) is 109 cm³/mol. The molecular formula is C25H27NO2. The van der Waals surface area contributed by atoms with E-state index < -0.39 is 11.1 Å². The third-order valence-electron chi connectivity index (χ3n) is 7.15. The number of fused-ring (bicyclic) bond motifs is 1.